The van der Waals surface area contributed by atoms with E-state index in [1.54, 1.807) is 11.8 Å². The fourth-order valence-corrected chi connectivity index (χ4v) is 3.13. The van der Waals surface area contributed by atoms with E-state index in [1.165, 1.54) is 4.90 Å². The number of rotatable bonds is 4. The minimum absolute atomic E-state index is 0.0180. The smallest absolute Gasteiger partial charge is 0.233 e. The molecule has 0 bridgehead atoms. The van der Waals surface area contributed by atoms with Gasteiger partial charge in [-0.3, -0.25) is 14.5 Å². The zero-order chi connectivity index (χ0) is 14.8. The zero-order valence-electron chi connectivity index (χ0n) is 12.3. The van der Waals surface area contributed by atoms with Crippen LogP contribution in [0.3, 0.4) is 0 Å². The molecule has 2 rings (SSSR count). The third kappa shape index (κ3) is 3.85. The first-order chi connectivity index (χ1) is 9.37. The minimum atomic E-state index is -0.157. The molecular formula is C16H21NO2S. The summed E-state index contributed by atoms with van der Waals surface area (Å²) in [6, 6.07) is 9.66. The van der Waals surface area contributed by atoms with Gasteiger partial charge in [-0.05, 0) is 5.56 Å². The first kappa shape index (κ1) is 15.1. The fourth-order valence-electron chi connectivity index (χ4n) is 2.16. The van der Waals surface area contributed by atoms with E-state index >= 15 is 0 Å². The molecule has 1 saturated heterocycles. The Morgan fingerprint density at radius 3 is 2.45 bits per heavy atom. The van der Waals surface area contributed by atoms with Crippen molar-refractivity contribution in [3.8, 4) is 0 Å². The van der Waals surface area contributed by atoms with Crippen molar-refractivity contribution in [1.29, 1.82) is 0 Å². The standard InChI is InChI=1S/C16H21NO2S/c1-16(2,3)20-11-13-9-14(18)17(15(13)19)10-12-7-5-4-6-8-12/h4-8,13H,9-11H2,1-3H3/t13-/m1/s1. The average Bonchev–Trinajstić information content (AvgIpc) is 2.64. The summed E-state index contributed by atoms with van der Waals surface area (Å²) in [5, 5.41) is 0. The summed E-state index contributed by atoms with van der Waals surface area (Å²) in [6.07, 6.45) is 0.356. The highest BCUT2D eigenvalue weighted by Gasteiger charge is 2.38. The molecule has 1 heterocycles. The van der Waals surface area contributed by atoms with Crippen LogP contribution < -0.4 is 0 Å². The normalized spacial score (nSPS) is 19.8. The molecule has 2 amide bonds. The van der Waals surface area contributed by atoms with E-state index in [2.05, 4.69) is 20.8 Å². The van der Waals surface area contributed by atoms with Crippen LogP contribution in [0.2, 0.25) is 0 Å². The van der Waals surface area contributed by atoms with Crippen LogP contribution in [-0.4, -0.2) is 27.2 Å². The van der Waals surface area contributed by atoms with Crippen LogP contribution in [0.15, 0.2) is 30.3 Å². The molecule has 1 atom stereocenters. The number of carbonyl (C=O) groups is 2. The predicted molar refractivity (Wildman–Crippen MR) is 82.3 cm³/mol. The predicted octanol–water partition coefficient (Wildman–Crippen LogP) is 3.09. The lowest BCUT2D eigenvalue weighted by Gasteiger charge is -2.20. The Bertz CT molecular complexity index is 493. The van der Waals surface area contributed by atoms with E-state index < -0.39 is 0 Å². The van der Waals surface area contributed by atoms with Crippen molar-refractivity contribution in [1.82, 2.24) is 4.90 Å². The van der Waals surface area contributed by atoms with E-state index in [0.29, 0.717) is 13.0 Å². The number of hydrogen-bond acceptors (Lipinski definition) is 3. The molecule has 1 aliphatic heterocycles. The Morgan fingerprint density at radius 2 is 1.85 bits per heavy atom. The van der Waals surface area contributed by atoms with Gasteiger partial charge in [0.25, 0.3) is 0 Å². The Labute approximate surface area is 124 Å². The topological polar surface area (TPSA) is 37.4 Å². The monoisotopic (exact) mass is 291 g/mol. The fraction of sp³-hybridized carbons (Fsp3) is 0.500. The van der Waals surface area contributed by atoms with Crippen molar-refractivity contribution >= 4 is 23.6 Å². The molecule has 0 unspecified atom stereocenters. The quantitative estimate of drug-likeness (QED) is 0.800. The van der Waals surface area contributed by atoms with Gasteiger partial charge < -0.3 is 0 Å². The van der Waals surface area contributed by atoms with Crippen LogP contribution in [0.1, 0.15) is 32.8 Å². The van der Waals surface area contributed by atoms with Crippen molar-refractivity contribution in [3.05, 3.63) is 35.9 Å². The lowest BCUT2D eigenvalue weighted by atomic mass is 10.1. The number of likely N-dealkylation sites (tertiary alicyclic amines) is 1. The van der Waals surface area contributed by atoms with Gasteiger partial charge >= 0.3 is 0 Å². The number of carbonyl (C=O) groups excluding carboxylic acids is 2. The number of nitrogens with zero attached hydrogens (tertiary/aromatic N) is 1. The summed E-state index contributed by atoms with van der Waals surface area (Å²) >= 11 is 1.75. The number of imide groups is 1. The summed E-state index contributed by atoms with van der Waals surface area (Å²) in [5.74, 6) is 0.503. The van der Waals surface area contributed by atoms with Gasteiger partial charge in [0.2, 0.25) is 11.8 Å². The molecule has 4 heteroatoms. The highest BCUT2D eigenvalue weighted by molar-refractivity contribution is 8.00. The summed E-state index contributed by atoms with van der Waals surface area (Å²) in [5.41, 5.74) is 0.998. The molecule has 0 saturated carbocycles. The molecule has 20 heavy (non-hydrogen) atoms. The van der Waals surface area contributed by atoms with Gasteiger partial charge in [-0.15, -0.1) is 0 Å². The molecule has 0 spiro atoms. The van der Waals surface area contributed by atoms with E-state index in [4.69, 9.17) is 0 Å². The third-order valence-corrected chi connectivity index (χ3v) is 4.67. The molecule has 108 valence electrons. The van der Waals surface area contributed by atoms with E-state index in [9.17, 15) is 9.59 Å². The number of amides is 2. The molecular weight excluding hydrogens is 270 g/mol. The van der Waals surface area contributed by atoms with Crippen LogP contribution in [0, 0.1) is 5.92 Å². The lowest BCUT2D eigenvalue weighted by molar-refractivity contribution is -0.139. The van der Waals surface area contributed by atoms with E-state index in [1.807, 2.05) is 30.3 Å². The highest BCUT2D eigenvalue weighted by Crippen LogP contribution is 2.31. The molecule has 1 aromatic carbocycles. The van der Waals surface area contributed by atoms with Crippen LogP contribution in [0.25, 0.3) is 0 Å². The molecule has 1 aliphatic rings. The Balaban J connectivity index is 1.98. The third-order valence-electron chi connectivity index (χ3n) is 3.24. The zero-order valence-corrected chi connectivity index (χ0v) is 13.1. The Hall–Kier alpha value is -1.29. The van der Waals surface area contributed by atoms with Crippen LogP contribution >= 0.6 is 11.8 Å². The van der Waals surface area contributed by atoms with Gasteiger partial charge in [0.05, 0.1) is 12.5 Å². The molecule has 1 fully saturated rings. The number of benzene rings is 1. The van der Waals surface area contributed by atoms with Crippen LogP contribution in [0.5, 0.6) is 0 Å². The molecule has 0 N–H and O–H groups in total. The minimum Gasteiger partial charge on any atom is -0.278 e. The van der Waals surface area contributed by atoms with Crippen LogP contribution in [0.4, 0.5) is 0 Å². The van der Waals surface area contributed by atoms with Gasteiger partial charge in [0.15, 0.2) is 0 Å². The summed E-state index contributed by atoms with van der Waals surface area (Å²) in [7, 11) is 0. The highest BCUT2D eigenvalue weighted by atomic mass is 32.2. The Morgan fingerprint density at radius 1 is 1.20 bits per heavy atom. The molecule has 0 aromatic heterocycles. The average molecular weight is 291 g/mol. The second-order valence-corrected chi connectivity index (χ2v) is 7.97. The summed E-state index contributed by atoms with van der Waals surface area (Å²) in [4.78, 5) is 25.8. The van der Waals surface area contributed by atoms with Crippen molar-refractivity contribution in [2.45, 2.75) is 38.5 Å². The molecule has 1 aromatic rings. The maximum Gasteiger partial charge on any atom is 0.233 e. The number of hydrogen-bond donors (Lipinski definition) is 0. The lowest BCUT2D eigenvalue weighted by Crippen LogP contribution is -2.30. The molecule has 0 aliphatic carbocycles. The summed E-state index contributed by atoms with van der Waals surface area (Å²) < 4.78 is 0.121. The molecule has 0 radical (unpaired) electrons. The van der Waals surface area contributed by atoms with Crippen molar-refractivity contribution in [2.75, 3.05) is 5.75 Å². The largest absolute Gasteiger partial charge is 0.278 e. The van der Waals surface area contributed by atoms with Crippen molar-refractivity contribution in [3.63, 3.8) is 0 Å². The number of thioether (sulfide) groups is 1. The van der Waals surface area contributed by atoms with E-state index in [-0.39, 0.29) is 22.5 Å². The van der Waals surface area contributed by atoms with Crippen LogP contribution in [-0.2, 0) is 16.1 Å². The Kier molecular flexibility index (Phi) is 4.53. The first-order valence-corrected chi connectivity index (χ1v) is 7.87. The maximum absolute atomic E-state index is 12.3. The molecule has 3 nitrogen and oxygen atoms in total. The van der Waals surface area contributed by atoms with Gasteiger partial charge in [-0.1, -0.05) is 51.1 Å². The van der Waals surface area contributed by atoms with Crippen molar-refractivity contribution < 1.29 is 9.59 Å². The first-order valence-electron chi connectivity index (χ1n) is 6.89. The van der Waals surface area contributed by atoms with Gasteiger partial charge in [-0.2, -0.15) is 11.8 Å². The second kappa shape index (κ2) is 6.00. The van der Waals surface area contributed by atoms with Gasteiger partial charge in [-0.25, -0.2) is 0 Å². The summed E-state index contributed by atoms with van der Waals surface area (Å²) in [6.45, 7) is 6.77. The van der Waals surface area contributed by atoms with E-state index in [0.717, 1.165) is 11.3 Å². The SMILES string of the molecule is CC(C)(C)SC[C@H]1CC(=O)N(Cc2ccccc2)C1=O. The van der Waals surface area contributed by atoms with Gasteiger partial charge in [0.1, 0.15) is 0 Å². The second-order valence-electron chi connectivity index (χ2n) is 6.13. The maximum atomic E-state index is 12.3. The van der Waals surface area contributed by atoms with Crippen molar-refractivity contribution in [2.24, 2.45) is 5.92 Å². The van der Waals surface area contributed by atoms with Gasteiger partial charge in [0, 0.05) is 16.9 Å².